The SMILES string of the molecule is [2H]C([2H])=C([2H])C([2H])([2H])c1c(OC([2H])[2H])cc(CC([2H])([2H])N)c(OC([2H])[2H])c1[2H]. The van der Waals surface area contributed by atoms with Gasteiger partial charge in [-0.15, -0.1) is 6.53 Å². The second kappa shape index (κ2) is 6.18. The van der Waals surface area contributed by atoms with Gasteiger partial charge in [0.1, 0.15) is 11.5 Å². The van der Waals surface area contributed by atoms with Crippen molar-refractivity contribution in [1.29, 1.82) is 0 Å². The van der Waals surface area contributed by atoms with Crippen molar-refractivity contribution in [2.75, 3.05) is 20.6 Å². The van der Waals surface area contributed by atoms with Crippen molar-refractivity contribution >= 4 is 0 Å². The molecule has 0 heterocycles. The first-order valence-electron chi connectivity index (χ1n) is 10.5. The highest BCUT2D eigenvalue weighted by Gasteiger charge is 2.09. The maximum absolute atomic E-state index is 8.24. The predicted octanol–water partition coefficient (Wildman–Crippen LogP) is 1.93. The lowest BCUT2D eigenvalue weighted by Gasteiger charge is -2.13. The quantitative estimate of drug-likeness (QED) is 0.764. The molecule has 0 aliphatic carbocycles. The summed E-state index contributed by atoms with van der Waals surface area (Å²) in [4.78, 5) is 0. The van der Waals surface area contributed by atoms with Gasteiger partial charge in [-0.05, 0) is 37.0 Å². The number of allylic oxidation sites excluding steroid dienone is 1. The molecular formula is C13H19NO2. The van der Waals surface area contributed by atoms with Gasteiger partial charge >= 0.3 is 0 Å². The Labute approximate surface area is 114 Å². The standard InChI is InChI=1S/C13H19NO2/c1-4-5-10-8-13(16-3)11(6-7-14)9-12(10)15-2/h4,8-9H,1,5-7,14H2,2-3H3/i1D2,2D2,3D2,4D,5D2,7D2,8D. The largest absolute Gasteiger partial charge is 0.496 e. The van der Waals surface area contributed by atoms with Crippen LogP contribution in [-0.2, 0) is 12.8 Å². The van der Waals surface area contributed by atoms with Gasteiger partial charge in [-0.3, -0.25) is 0 Å². The summed E-state index contributed by atoms with van der Waals surface area (Å²) >= 11 is 0. The third kappa shape index (κ3) is 2.76. The minimum absolute atomic E-state index is 0.176. The van der Waals surface area contributed by atoms with E-state index in [4.69, 9.17) is 31.7 Å². The van der Waals surface area contributed by atoms with Crippen LogP contribution in [0.25, 0.3) is 0 Å². The first-order chi connectivity index (χ1) is 12.6. The van der Waals surface area contributed by atoms with E-state index < -0.39 is 69.1 Å². The number of nitrogens with two attached hydrogens (primary N) is 1. The number of methoxy groups -OCH3 is 2. The fraction of sp³-hybridized carbons (Fsp3) is 0.385. The fourth-order valence-electron chi connectivity index (χ4n) is 1.15. The molecule has 2 N–H and O–H groups in total. The lowest BCUT2D eigenvalue weighted by molar-refractivity contribution is 0.395. The van der Waals surface area contributed by atoms with Gasteiger partial charge < -0.3 is 15.2 Å². The predicted molar refractivity (Wildman–Crippen MR) is 66.2 cm³/mol. The van der Waals surface area contributed by atoms with Gasteiger partial charge in [-0.1, -0.05) is 6.05 Å². The van der Waals surface area contributed by atoms with Gasteiger partial charge in [-0.2, -0.15) is 0 Å². The smallest absolute Gasteiger partial charge is 0.122 e. The van der Waals surface area contributed by atoms with E-state index in [1.54, 1.807) is 0 Å². The maximum atomic E-state index is 8.24. The summed E-state index contributed by atoms with van der Waals surface area (Å²) in [5.74, 6) is -1.14. The van der Waals surface area contributed by atoms with Crippen LogP contribution in [0.4, 0.5) is 0 Å². The average Bonchev–Trinajstić information content (AvgIpc) is 2.47. The number of rotatable bonds is 6. The lowest BCUT2D eigenvalue weighted by Crippen LogP contribution is -2.05. The van der Waals surface area contributed by atoms with Crippen LogP contribution in [0.2, 0.25) is 0 Å². The molecule has 0 aromatic heterocycles. The molecule has 0 saturated heterocycles. The second-order valence-corrected chi connectivity index (χ2v) is 2.73. The van der Waals surface area contributed by atoms with Crippen LogP contribution in [0, 0.1) is 0 Å². The minimum Gasteiger partial charge on any atom is -0.496 e. The summed E-state index contributed by atoms with van der Waals surface area (Å²) in [5.41, 5.74) is 4.40. The van der Waals surface area contributed by atoms with E-state index in [2.05, 4.69) is 0 Å². The molecule has 0 aliphatic rings. The molecule has 88 valence electrons. The normalized spacial score (nSPS) is 22.7. The molecule has 3 heteroatoms. The van der Waals surface area contributed by atoms with E-state index in [1.165, 1.54) is 0 Å². The second-order valence-electron chi connectivity index (χ2n) is 2.73. The Morgan fingerprint density at radius 1 is 1.62 bits per heavy atom. The fourth-order valence-corrected chi connectivity index (χ4v) is 1.15. The average molecular weight is 233 g/mol. The summed E-state index contributed by atoms with van der Waals surface area (Å²) in [6, 6.07) is -1.03. The first kappa shape index (κ1) is 3.77. The zero-order valence-electron chi connectivity index (χ0n) is 20.3. The summed E-state index contributed by atoms with van der Waals surface area (Å²) < 4.78 is 100. The van der Waals surface area contributed by atoms with Crippen LogP contribution in [0.5, 0.6) is 11.5 Å². The van der Waals surface area contributed by atoms with E-state index in [0.29, 0.717) is 0 Å². The summed E-state index contributed by atoms with van der Waals surface area (Å²) in [6.07, 6.45) is -3.54. The van der Waals surface area contributed by atoms with Crippen molar-refractivity contribution in [3.05, 3.63) is 35.8 Å². The molecule has 3 nitrogen and oxygen atoms in total. The molecule has 1 aromatic carbocycles. The molecule has 0 aliphatic heterocycles. The molecule has 0 unspecified atom stereocenters. The van der Waals surface area contributed by atoms with Gasteiger partial charge in [-0.25, -0.2) is 0 Å². The Morgan fingerprint density at radius 2 is 2.44 bits per heavy atom. The third-order valence-corrected chi connectivity index (χ3v) is 1.81. The molecule has 0 amide bonds. The molecule has 0 atom stereocenters. The molecule has 16 heavy (non-hydrogen) atoms. The van der Waals surface area contributed by atoms with Crippen LogP contribution in [-0.4, -0.2) is 20.6 Å². The monoisotopic (exact) mass is 233 g/mol. The Hall–Kier alpha value is -1.48. The minimum atomic E-state index is -2.95. The Kier molecular flexibility index (Phi) is 1.46. The Bertz CT molecular complexity index is 740. The van der Waals surface area contributed by atoms with Crippen molar-refractivity contribution in [2.24, 2.45) is 5.73 Å². The van der Waals surface area contributed by atoms with E-state index in [9.17, 15) is 0 Å². The summed E-state index contributed by atoms with van der Waals surface area (Å²) in [5, 5.41) is 0. The highest BCUT2D eigenvalue weighted by molar-refractivity contribution is 5.47. The number of hydrogen-bond donors (Lipinski definition) is 1. The molecule has 1 rings (SSSR count). The zero-order valence-corrected chi connectivity index (χ0v) is 8.33. The molecular weight excluding hydrogens is 202 g/mol. The van der Waals surface area contributed by atoms with E-state index in [-0.39, 0.29) is 5.56 Å². The van der Waals surface area contributed by atoms with Crippen LogP contribution in [0.1, 0.15) is 27.6 Å². The topological polar surface area (TPSA) is 44.5 Å². The van der Waals surface area contributed by atoms with Gasteiger partial charge in [0.15, 0.2) is 0 Å². The molecule has 0 saturated carbocycles. The van der Waals surface area contributed by atoms with E-state index >= 15 is 0 Å². The van der Waals surface area contributed by atoms with Crippen molar-refractivity contribution in [3.8, 4) is 11.5 Å². The first-order valence-corrected chi connectivity index (χ1v) is 4.20. The van der Waals surface area contributed by atoms with Crippen molar-refractivity contribution < 1.29 is 25.9 Å². The van der Waals surface area contributed by atoms with Crippen LogP contribution in [0.3, 0.4) is 0 Å². The number of aryl methyl sites for hydroxylation is 1. The molecule has 0 radical (unpaired) electrons. The number of hydrogen-bond acceptors (Lipinski definition) is 3. The van der Waals surface area contributed by atoms with Crippen molar-refractivity contribution in [3.63, 3.8) is 0 Å². The van der Waals surface area contributed by atoms with Crippen molar-refractivity contribution in [1.82, 2.24) is 0 Å². The van der Waals surface area contributed by atoms with Gasteiger partial charge in [0, 0.05) is 11.0 Å². The Morgan fingerprint density at radius 3 is 3.12 bits per heavy atom. The van der Waals surface area contributed by atoms with Gasteiger partial charge in [0.25, 0.3) is 0 Å². The molecule has 0 bridgehead atoms. The molecule has 1 aromatic rings. The Balaban J connectivity index is 3.89. The molecule has 0 spiro atoms. The zero-order chi connectivity index (χ0) is 22.0. The van der Waals surface area contributed by atoms with E-state index in [0.717, 1.165) is 6.07 Å². The van der Waals surface area contributed by atoms with Crippen molar-refractivity contribution in [2.45, 2.75) is 12.8 Å². The van der Waals surface area contributed by atoms with Crippen LogP contribution >= 0.6 is 0 Å². The van der Waals surface area contributed by atoms with E-state index in [1.807, 2.05) is 0 Å². The van der Waals surface area contributed by atoms with Crippen LogP contribution < -0.4 is 15.2 Å². The third-order valence-electron chi connectivity index (χ3n) is 1.81. The number of benzene rings is 1. The maximum Gasteiger partial charge on any atom is 0.122 e. The highest BCUT2D eigenvalue weighted by Crippen LogP contribution is 2.29. The van der Waals surface area contributed by atoms with Gasteiger partial charge in [0.2, 0.25) is 0 Å². The highest BCUT2D eigenvalue weighted by atomic mass is 16.5. The summed E-state index contributed by atoms with van der Waals surface area (Å²) in [7, 11) is -3.95. The number of ether oxygens (including phenoxy) is 2. The lowest BCUT2D eigenvalue weighted by atomic mass is 10.0. The summed E-state index contributed by atoms with van der Waals surface area (Å²) in [6.45, 7) is -3.51. The van der Waals surface area contributed by atoms with Gasteiger partial charge in [0.05, 0.1) is 25.1 Å². The molecule has 0 fully saturated rings. The van der Waals surface area contributed by atoms with Crippen LogP contribution in [0.15, 0.2) is 24.7 Å².